The SMILES string of the molecule is COc1ccc(NC(=O)c2ccc(CN3C(=O)NC(C)(c4ccc(C(C)C)cc4)C3=O)cc2)cc1. The third-order valence-corrected chi connectivity index (χ3v) is 6.33. The number of nitrogens with one attached hydrogen (secondary N) is 2. The van der Waals surface area contributed by atoms with Crippen LogP contribution in [0, 0.1) is 0 Å². The van der Waals surface area contributed by atoms with E-state index in [0.717, 1.165) is 11.1 Å². The lowest BCUT2D eigenvalue weighted by Gasteiger charge is -2.23. The lowest BCUT2D eigenvalue weighted by molar-refractivity contribution is -0.131. The van der Waals surface area contributed by atoms with Crippen molar-refractivity contribution in [3.05, 3.63) is 95.1 Å². The van der Waals surface area contributed by atoms with Crippen molar-refractivity contribution < 1.29 is 19.1 Å². The molecule has 1 aliphatic heterocycles. The molecular formula is C28H29N3O4. The fraction of sp³-hybridized carbons (Fsp3) is 0.250. The van der Waals surface area contributed by atoms with Gasteiger partial charge in [-0.3, -0.25) is 14.5 Å². The van der Waals surface area contributed by atoms with Crippen molar-refractivity contribution in [1.29, 1.82) is 0 Å². The van der Waals surface area contributed by atoms with Gasteiger partial charge in [-0.25, -0.2) is 4.79 Å². The zero-order valence-electron chi connectivity index (χ0n) is 20.3. The molecule has 1 fully saturated rings. The Bertz CT molecular complexity index is 1230. The molecule has 7 nitrogen and oxygen atoms in total. The zero-order chi connectivity index (χ0) is 25.2. The number of urea groups is 1. The Labute approximate surface area is 205 Å². The van der Waals surface area contributed by atoms with Crippen molar-refractivity contribution in [2.45, 2.75) is 38.8 Å². The number of benzene rings is 3. The van der Waals surface area contributed by atoms with Crippen LogP contribution in [0.4, 0.5) is 10.5 Å². The summed E-state index contributed by atoms with van der Waals surface area (Å²) in [7, 11) is 1.58. The van der Waals surface area contributed by atoms with Gasteiger partial charge in [0.25, 0.3) is 11.8 Å². The molecule has 7 heteroatoms. The van der Waals surface area contributed by atoms with Crippen LogP contribution in [-0.2, 0) is 16.9 Å². The van der Waals surface area contributed by atoms with Gasteiger partial charge >= 0.3 is 6.03 Å². The van der Waals surface area contributed by atoms with Crippen LogP contribution in [0.3, 0.4) is 0 Å². The average Bonchev–Trinajstić information content (AvgIpc) is 3.08. The van der Waals surface area contributed by atoms with Crippen LogP contribution in [0.15, 0.2) is 72.8 Å². The smallest absolute Gasteiger partial charge is 0.325 e. The van der Waals surface area contributed by atoms with Gasteiger partial charge in [0.15, 0.2) is 0 Å². The number of amides is 4. The summed E-state index contributed by atoms with van der Waals surface area (Å²) >= 11 is 0. The molecular weight excluding hydrogens is 442 g/mol. The Hall–Kier alpha value is -4.13. The van der Waals surface area contributed by atoms with Gasteiger partial charge in [0, 0.05) is 11.3 Å². The van der Waals surface area contributed by atoms with Crippen molar-refractivity contribution in [2.75, 3.05) is 12.4 Å². The molecule has 0 bridgehead atoms. The van der Waals surface area contributed by atoms with Crippen LogP contribution < -0.4 is 15.4 Å². The van der Waals surface area contributed by atoms with E-state index in [-0.39, 0.29) is 18.4 Å². The molecule has 180 valence electrons. The first kappa shape index (κ1) is 24.0. The Kier molecular flexibility index (Phi) is 6.60. The van der Waals surface area contributed by atoms with E-state index < -0.39 is 11.6 Å². The van der Waals surface area contributed by atoms with Crippen LogP contribution >= 0.6 is 0 Å². The maximum absolute atomic E-state index is 13.3. The van der Waals surface area contributed by atoms with Crippen LogP contribution in [0.5, 0.6) is 5.75 Å². The van der Waals surface area contributed by atoms with E-state index in [0.29, 0.717) is 22.9 Å². The molecule has 1 unspecified atom stereocenters. The van der Waals surface area contributed by atoms with E-state index in [1.165, 1.54) is 10.5 Å². The summed E-state index contributed by atoms with van der Waals surface area (Å²) in [6.45, 7) is 6.05. The predicted molar refractivity (Wildman–Crippen MR) is 134 cm³/mol. The molecule has 3 aromatic carbocycles. The summed E-state index contributed by atoms with van der Waals surface area (Å²) in [5.74, 6) is 0.523. The van der Waals surface area contributed by atoms with Gasteiger partial charge in [0.2, 0.25) is 0 Å². The summed E-state index contributed by atoms with van der Waals surface area (Å²) in [5.41, 5.74) is 2.66. The third kappa shape index (κ3) is 4.89. The number of carbonyl (C=O) groups is 3. The molecule has 0 aliphatic carbocycles. The molecule has 1 saturated heterocycles. The number of ether oxygens (including phenoxy) is 1. The molecule has 1 aliphatic rings. The van der Waals surface area contributed by atoms with E-state index in [4.69, 9.17) is 4.74 Å². The van der Waals surface area contributed by atoms with Gasteiger partial charge in [-0.05, 0) is 65.9 Å². The minimum atomic E-state index is -1.12. The fourth-order valence-electron chi connectivity index (χ4n) is 4.06. The topological polar surface area (TPSA) is 87.7 Å². The first-order valence-electron chi connectivity index (χ1n) is 11.5. The van der Waals surface area contributed by atoms with Crippen LogP contribution in [0.2, 0.25) is 0 Å². The average molecular weight is 472 g/mol. The second-order valence-electron chi connectivity index (χ2n) is 9.10. The van der Waals surface area contributed by atoms with Crippen LogP contribution in [0.25, 0.3) is 0 Å². The number of anilines is 1. The van der Waals surface area contributed by atoms with Gasteiger partial charge in [-0.15, -0.1) is 0 Å². The minimum Gasteiger partial charge on any atom is -0.497 e. The summed E-state index contributed by atoms with van der Waals surface area (Å²) < 4.78 is 5.12. The molecule has 4 amide bonds. The zero-order valence-corrected chi connectivity index (χ0v) is 20.3. The first-order valence-corrected chi connectivity index (χ1v) is 11.5. The summed E-state index contributed by atoms with van der Waals surface area (Å²) in [6.07, 6.45) is 0. The number of nitrogens with zero attached hydrogens (tertiary/aromatic N) is 1. The van der Waals surface area contributed by atoms with Gasteiger partial charge in [-0.1, -0.05) is 50.2 Å². The van der Waals surface area contributed by atoms with Gasteiger partial charge in [0.05, 0.1) is 13.7 Å². The van der Waals surface area contributed by atoms with E-state index in [1.54, 1.807) is 62.6 Å². The van der Waals surface area contributed by atoms with E-state index in [1.807, 2.05) is 24.3 Å². The molecule has 0 aromatic heterocycles. The minimum absolute atomic E-state index is 0.116. The predicted octanol–water partition coefficient (Wildman–Crippen LogP) is 5.04. The molecule has 0 spiro atoms. The highest BCUT2D eigenvalue weighted by molar-refractivity contribution is 6.07. The maximum Gasteiger partial charge on any atom is 0.325 e. The highest BCUT2D eigenvalue weighted by Gasteiger charge is 2.48. The molecule has 2 N–H and O–H groups in total. The standard InChI is InChI=1S/C28H29N3O4/c1-18(2)20-9-11-22(12-10-20)28(3)26(33)31(27(34)30-28)17-19-5-7-21(8-6-19)25(32)29-23-13-15-24(35-4)16-14-23/h5-16,18H,17H2,1-4H3,(H,29,32)(H,30,34). The van der Waals surface area contributed by atoms with Crippen LogP contribution in [0.1, 0.15) is 53.7 Å². The maximum atomic E-state index is 13.3. The Balaban J connectivity index is 1.43. The lowest BCUT2D eigenvalue weighted by Crippen LogP contribution is -2.40. The number of hydrogen-bond acceptors (Lipinski definition) is 4. The number of methoxy groups -OCH3 is 1. The van der Waals surface area contributed by atoms with E-state index in [2.05, 4.69) is 24.5 Å². The number of rotatable bonds is 7. The molecule has 3 aromatic rings. The van der Waals surface area contributed by atoms with Gasteiger partial charge in [0.1, 0.15) is 11.3 Å². The van der Waals surface area contributed by atoms with Crippen molar-refractivity contribution in [2.24, 2.45) is 0 Å². The fourth-order valence-corrected chi connectivity index (χ4v) is 4.06. The Morgan fingerprint density at radius 1 is 0.971 bits per heavy atom. The quantitative estimate of drug-likeness (QED) is 0.473. The van der Waals surface area contributed by atoms with Crippen LogP contribution in [-0.4, -0.2) is 29.9 Å². The second-order valence-corrected chi connectivity index (χ2v) is 9.10. The highest BCUT2D eigenvalue weighted by atomic mass is 16.5. The summed E-state index contributed by atoms with van der Waals surface area (Å²) in [5, 5.41) is 5.68. The normalized spacial score (nSPS) is 17.5. The molecule has 1 heterocycles. The highest BCUT2D eigenvalue weighted by Crippen LogP contribution is 2.31. The largest absolute Gasteiger partial charge is 0.497 e. The first-order chi connectivity index (χ1) is 16.7. The molecule has 4 rings (SSSR count). The van der Waals surface area contributed by atoms with Gasteiger partial charge in [-0.2, -0.15) is 0 Å². The Morgan fingerprint density at radius 3 is 2.17 bits per heavy atom. The summed E-state index contributed by atoms with van der Waals surface area (Å²) in [6, 6.07) is 21.2. The molecule has 35 heavy (non-hydrogen) atoms. The number of hydrogen-bond donors (Lipinski definition) is 2. The number of carbonyl (C=O) groups excluding carboxylic acids is 3. The van der Waals surface area contributed by atoms with Crippen molar-refractivity contribution >= 4 is 23.5 Å². The summed E-state index contributed by atoms with van der Waals surface area (Å²) in [4.78, 5) is 39.7. The van der Waals surface area contributed by atoms with E-state index in [9.17, 15) is 14.4 Å². The molecule has 1 atom stereocenters. The molecule has 0 radical (unpaired) electrons. The lowest BCUT2D eigenvalue weighted by atomic mass is 9.90. The second kappa shape index (κ2) is 9.62. The Morgan fingerprint density at radius 2 is 1.60 bits per heavy atom. The van der Waals surface area contributed by atoms with Crippen molar-refractivity contribution in [1.82, 2.24) is 10.2 Å². The monoisotopic (exact) mass is 471 g/mol. The van der Waals surface area contributed by atoms with Crippen molar-refractivity contribution in [3.63, 3.8) is 0 Å². The molecule has 0 saturated carbocycles. The number of imide groups is 1. The third-order valence-electron chi connectivity index (χ3n) is 6.33. The van der Waals surface area contributed by atoms with Crippen molar-refractivity contribution in [3.8, 4) is 5.75 Å². The van der Waals surface area contributed by atoms with E-state index >= 15 is 0 Å². The van der Waals surface area contributed by atoms with Gasteiger partial charge < -0.3 is 15.4 Å².